The Morgan fingerprint density at radius 2 is 1.68 bits per heavy atom. The summed E-state index contributed by atoms with van der Waals surface area (Å²) in [6.07, 6.45) is 0. The summed E-state index contributed by atoms with van der Waals surface area (Å²) in [5, 5.41) is 6.55. The van der Waals surface area contributed by atoms with Crippen molar-refractivity contribution in [2.75, 3.05) is 24.9 Å². The molecule has 0 bridgehead atoms. The molecule has 0 aliphatic heterocycles. The van der Waals surface area contributed by atoms with Crippen molar-refractivity contribution in [3.8, 4) is 11.5 Å². The van der Waals surface area contributed by atoms with Crippen molar-refractivity contribution in [1.82, 2.24) is 0 Å². The molecule has 0 heterocycles. The number of anilines is 2. The number of rotatable bonds is 6. The number of amides is 1. The first kappa shape index (κ1) is 18.9. The van der Waals surface area contributed by atoms with Crippen molar-refractivity contribution in [3.05, 3.63) is 46.5 Å². The first-order chi connectivity index (χ1) is 11.9. The van der Waals surface area contributed by atoms with E-state index >= 15 is 0 Å². The Bertz CT molecular complexity index is 757. The van der Waals surface area contributed by atoms with E-state index in [0.29, 0.717) is 22.2 Å². The lowest BCUT2D eigenvalue weighted by Gasteiger charge is -2.19. The zero-order valence-corrected chi connectivity index (χ0v) is 15.8. The van der Waals surface area contributed by atoms with E-state index in [1.807, 2.05) is 32.0 Å². The van der Waals surface area contributed by atoms with E-state index < -0.39 is 6.04 Å². The molecule has 0 aliphatic rings. The second-order valence-electron chi connectivity index (χ2n) is 5.81. The fourth-order valence-corrected chi connectivity index (χ4v) is 2.76. The number of methoxy groups -OCH3 is 2. The van der Waals surface area contributed by atoms with Crippen molar-refractivity contribution in [2.24, 2.45) is 0 Å². The van der Waals surface area contributed by atoms with Gasteiger partial charge in [0, 0.05) is 11.8 Å². The average Bonchev–Trinajstić information content (AvgIpc) is 2.58. The van der Waals surface area contributed by atoms with Crippen LogP contribution >= 0.6 is 11.6 Å². The van der Waals surface area contributed by atoms with Gasteiger partial charge >= 0.3 is 0 Å². The summed E-state index contributed by atoms with van der Waals surface area (Å²) < 4.78 is 10.5. The van der Waals surface area contributed by atoms with Crippen LogP contribution in [0.3, 0.4) is 0 Å². The largest absolute Gasteiger partial charge is 0.495 e. The van der Waals surface area contributed by atoms with Crippen LogP contribution < -0.4 is 20.1 Å². The highest BCUT2D eigenvalue weighted by atomic mass is 35.5. The lowest BCUT2D eigenvalue weighted by Crippen LogP contribution is -2.32. The molecule has 5 nitrogen and oxygen atoms in total. The Kier molecular flexibility index (Phi) is 6.15. The number of aryl methyl sites for hydroxylation is 2. The molecule has 2 N–H and O–H groups in total. The summed E-state index contributed by atoms with van der Waals surface area (Å²) in [6.45, 7) is 5.71. The van der Waals surface area contributed by atoms with Crippen molar-refractivity contribution < 1.29 is 14.3 Å². The van der Waals surface area contributed by atoms with E-state index in [0.717, 1.165) is 16.8 Å². The number of carbonyl (C=O) groups excluding carboxylic acids is 1. The Morgan fingerprint density at radius 1 is 1.08 bits per heavy atom. The van der Waals surface area contributed by atoms with Crippen LogP contribution in [-0.4, -0.2) is 26.2 Å². The quantitative estimate of drug-likeness (QED) is 0.798. The van der Waals surface area contributed by atoms with Gasteiger partial charge in [0.1, 0.15) is 17.5 Å². The van der Waals surface area contributed by atoms with Crippen LogP contribution in [0, 0.1) is 13.8 Å². The Labute approximate surface area is 153 Å². The Morgan fingerprint density at radius 3 is 2.24 bits per heavy atom. The molecule has 6 heteroatoms. The fourth-order valence-electron chi connectivity index (χ4n) is 2.51. The first-order valence-corrected chi connectivity index (χ1v) is 8.30. The molecule has 0 aliphatic carbocycles. The summed E-state index contributed by atoms with van der Waals surface area (Å²) in [7, 11) is 3.09. The minimum Gasteiger partial charge on any atom is -0.495 e. The molecular weight excluding hydrogens is 340 g/mol. The third-order valence-corrected chi connectivity index (χ3v) is 4.26. The number of hydrogen-bond acceptors (Lipinski definition) is 4. The summed E-state index contributed by atoms with van der Waals surface area (Å²) >= 11 is 6.17. The lowest BCUT2D eigenvalue weighted by atomic mass is 10.1. The molecule has 0 fully saturated rings. The molecule has 2 aromatic carbocycles. The van der Waals surface area contributed by atoms with Gasteiger partial charge in [-0.15, -0.1) is 0 Å². The van der Waals surface area contributed by atoms with Crippen molar-refractivity contribution >= 4 is 28.9 Å². The summed E-state index contributed by atoms with van der Waals surface area (Å²) in [5.74, 6) is 0.913. The van der Waals surface area contributed by atoms with Crippen molar-refractivity contribution in [3.63, 3.8) is 0 Å². The molecule has 0 saturated heterocycles. The van der Waals surface area contributed by atoms with Crippen LogP contribution in [0.25, 0.3) is 0 Å². The van der Waals surface area contributed by atoms with Gasteiger partial charge in [0.25, 0.3) is 0 Å². The van der Waals surface area contributed by atoms with Crippen LogP contribution in [-0.2, 0) is 4.79 Å². The fraction of sp³-hybridized carbons (Fsp3) is 0.316. The molecule has 1 amide bonds. The molecule has 2 aromatic rings. The Balaban J connectivity index is 2.17. The van der Waals surface area contributed by atoms with E-state index in [1.54, 1.807) is 26.2 Å². The molecule has 1 atom stereocenters. The van der Waals surface area contributed by atoms with Gasteiger partial charge in [-0.25, -0.2) is 0 Å². The maximum Gasteiger partial charge on any atom is 0.246 e. The highest BCUT2D eigenvalue weighted by molar-refractivity contribution is 6.32. The van der Waals surface area contributed by atoms with Crippen LogP contribution in [0.1, 0.15) is 18.1 Å². The predicted octanol–water partition coefficient (Wildman–Crippen LogP) is 4.41. The maximum atomic E-state index is 12.6. The molecule has 0 spiro atoms. The van der Waals surface area contributed by atoms with Crippen LogP contribution in [0.5, 0.6) is 11.5 Å². The van der Waals surface area contributed by atoms with Gasteiger partial charge in [0.05, 0.1) is 24.9 Å². The van der Waals surface area contributed by atoms with Crippen LogP contribution in [0.2, 0.25) is 5.02 Å². The van der Waals surface area contributed by atoms with E-state index in [-0.39, 0.29) is 5.91 Å². The highest BCUT2D eigenvalue weighted by Crippen LogP contribution is 2.36. The third kappa shape index (κ3) is 4.37. The summed E-state index contributed by atoms with van der Waals surface area (Å²) in [5.41, 5.74) is 3.49. The number of para-hydroxylation sites is 1. The number of benzene rings is 2. The molecule has 0 radical (unpaired) electrons. The predicted molar refractivity (Wildman–Crippen MR) is 102 cm³/mol. The monoisotopic (exact) mass is 362 g/mol. The lowest BCUT2D eigenvalue weighted by molar-refractivity contribution is -0.116. The number of hydrogen-bond donors (Lipinski definition) is 2. The standard InChI is InChI=1S/C19H23ClN2O3/c1-11-7-6-8-12(2)18(11)22-19(23)13(3)21-15-9-14(20)16(24-4)10-17(15)25-5/h6-10,13,21H,1-5H3,(H,22,23)/t13-/m0/s1. The van der Waals surface area contributed by atoms with Gasteiger partial charge in [-0.3, -0.25) is 4.79 Å². The molecule has 0 saturated carbocycles. The zero-order chi connectivity index (χ0) is 18.6. The molecule has 25 heavy (non-hydrogen) atoms. The minimum atomic E-state index is -0.489. The van der Waals surface area contributed by atoms with Gasteiger partial charge in [0.15, 0.2) is 0 Å². The van der Waals surface area contributed by atoms with Crippen molar-refractivity contribution in [2.45, 2.75) is 26.8 Å². The summed E-state index contributed by atoms with van der Waals surface area (Å²) in [4.78, 5) is 12.6. The smallest absolute Gasteiger partial charge is 0.246 e. The SMILES string of the molecule is COc1cc(OC)c(N[C@@H](C)C(=O)Nc2c(C)cccc2C)cc1Cl. The van der Waals surface area contributed by atoms with Gasteiger partial charge < -0.3 is 20.1 Å². The van der Waals surface area contributed by atoms with Crippen molar-refractivity contribution in [1.29, 1.82) is 0 Å². The van der Waals surface area contributed by atoms with E-state index in [9.17, 15) is 4.79 Å². The number of carbonyl (C=O) groups is 1. The topological polar surface area (TPSA) is 59.6 Å². The second-order valence-corrected chi connectivity index (χ2v) is 6.22. The van der Waals surface area contributed by atoms with Crippen LogP contribution in [0.4, 0.5) is 11.4 Å². The molecular formula is C19H23ClN2O3. The Hall–Kier alpha value is -2.40. The second kappa shape index (κ2) is 8.12. The summed E-state index contributed by atoms with van der Waals surface area (Å²) in [6, 6.07) is 8.77. The normalized spacial score (nSPS) is 11.6. The third-order valence-electron chi connectivity index (χ3n) is 3.97. The average molecular weight is 363 g/mol. The van der Waals surface area contributed by atoms with E-state index in [1.165, 1.54) is 7.11 Å². The molecule has 0 unspecified atom stereocenters. The molecule has 2 rings (SSSR count). The maximum absolute atomic E-state index is 12.6. The van der Waals surface area contributed by atoms with Gasteiger partial charge in [-0.05, 0) is 38.0 Å². The van der Waals surface area contributed by atoms with E-state index in [4.69, 9.17) is 21.1 Å². The highest BCUT2D eigenvalue weighted by Gasteiger charge is 2.18. The minimum absolute atomic E-state index is 0.147. The molecule has 0 aromatic heterocycles. The first-order valence-electron chi connectivity index (χ1n) is 7.92. The van der Waals surface area contributed by atoms with E-state index in [2.05, 4.69) is 10.6 Å². The zero-order valence-electron chi connectivity index (χ0n) is 15.1. The van der Waals surface area contributed by atoms with Gasteiger partial charge in [-0.1, -0.05) is 29.8 Å². The number of ether oxygens (including phenoxy) is 2. The van der Waals surface area contributed by atoms with Gasteiger partial charge in [-0.2, -0.15) is 0 Å². The molecule has 134 valence electrons. The van der Waals surface area contributed by atoms with Gasteiger partial charge in [0.2, 0.25) is 5.91 Å². The van der Waals surface area contributed by atoms with Crippen LogP contribution in [0.15, 0.2) is 30.3 Å². The number of halogens is 1. The number of nitrogens with one attached hydrogen (secondary N) is 2.